The first-order valence-corrected chi connectivity index (χ1v) is 8.75. The molecule has 0 radical (unpaired) electrons. The van der Waals surface area contributed by atoms with Gasteiger partial charge in [0.15, 0.2) is 11.6 Å². The van der Waals surface area contributed by atoms with Crippen molar-refractivity contribution in [2.24, 2.45) is 12.0 Å². The summed E-state index contributed by atoms with van der Waals surface area (Å²) in [6.07, 6.45) is 6.21. The van der Waals surface area contributed by atoms with E-state index in [0.29, 0.717) is 30.2 Å². The number of aliphatic hydroxyl groups excluding tert-OH is 1. The molecule has 0 spiro atoms. The van der Waals surface area contributed by atoms with Gasteiger partial charge in [-0.25, -0.2) is 0 Å². The lowest BCUT2D eigenvalue weighted by Crippen LogP contribution is -2.26. The van der Waals surface area contributed by atoms with Crippen molar-refractivity contribution in [3.8, 4) is 5.75 Å². The van der Waals surface area contributed by atoms with Gasteiger partial charge in [-0.05, 0) is 17.2 Å². The summed E-state index contributed by atoms with van der Waals surface area (Å²) in [5.74, 6) is 1.32. The predicted octanol–water partition coefficient (Wildman–Crippen LogP) is 2.36. The van der Waals surface area contributed by atoms with E-state index < -0.39 is 0 Å². The first-order chi connectivity index (χ1) is 13.1. The van der Waals surface area contributed by atoms with Gasteiger partial charge in [0.1, 0.15) is 11.4 Å². The zero-order valence-corrected chi connectivity index (χ0v) is 15.6. The number of nitrogens with zero attached hydrogens (tertiary/aromatic N) is 3. The molecule has 0 saturated heterocycles. The fourth-order valence-corrected chi connectivity index (χ4v) is 3.02. The van der Waals surface area contributed by atoms with Crippen LogP contribution in [0.3, 0.4) is 0 Å². The summed E-state index contributed by atoms with van der Waals surface area (Å²) in [6, 6.07) is 10.1. The van der Waals surface area contributed by atoms with E-state index in [0.717, 1.165) is 22.5 Å². The standard InChI is InChI=1S/C21H24N4O2/c1-15-12-17(14-26)10-7-11-22-21(23-15)19-20(27-3)18(24-25(19)2)13-16-8-5-4-6-9-16/h4-10,12,26H,1,11,13-14H2,2-3H3,(H,22,23)/b10-7-,17-12+. The number of rotatable bonds is 5. The SMILES string of the molecule is C=C1/C=C(CO)\C=C/CN=C(c2c(OC)c(Cc3ccccc3)nn2C)N1. The highest BCUT2D eigenvalue weighted by atomic mass is 16.5. The Morgan fingerprint density at radius 3 is 2.78 bits per heavy atom. The van der Waals surface area contributed by atoms with Crippen LogP contribution >= 0.6 is 0 Å². The number of aliphatic hydroxyl groups is 1. The summed E-state index contributed by atoms with van der Waals surface area (Å²) in [5, 5.41) is 17.3. The van der Waals surface area contributed by atoms with Crippen LogP contribution in [0.5, 0.6) is 5.75 Å². The molecule has 0 bridgehead atoms. The second-order valence-corrected chi connectivity index (χ2v) is 6.23. The number of ether oxygens (including phenoxy) is 1. The van der Waals surface area contributed by atoms with Crippen LogP contribution in [0.1, 0.15) is 17.0 Å². The number of aromatic nitrogens is 2. The van der Waals surface area contributed by atoms with Crippen molar-refractivity contribution < 1.29 is 9.84 Å². The number of hydrogen-bond donors (Lipinski definition) is 2. The Hall–Kier alpha value is -3.12. The van der Waals surface area contributed by atoms with Crippen molar-refractivity contribution in [3.63, 3.8) is 0 Å². The van der Waals surface area contributed by atoms with Crippen LogP contribution in [0.25, 0.3) is 0 Å². The molecule has 0 fully saturated rings. The Morgan fingerprint density at radius 2 is 2.07 bits per heavy atom. The fraction of sp³-hybridized carbons (Fsp3) is 0.238. The predicted molar refractivity (Wildman–Crippen MR) is 107 cm³/mol. The van der Waals surface area contributed by atoms with Crippen molar-refractivity contribution in [2.45, 2.75) is 6.42 Å². The van der Waals surface area contributed by atoms with Gasteiger partial charge in [0.25, 0.3) is 0 Å². The Labute approximate surface area is 159 Å². The molecule has 1 aromatic heterocycles. The maximum atomic E-state index is 9.41. The molecule has 1 aliphatic heterocycles. The zero-order valence-electron chi connectivity index (χ0n) is 15.6. The molecule has 0 atom stereocenters. The first-order valence-electron chi connectivity index (χ1n) is 8.75. The number of aryl methyl sites for hydroxylation is 1. The smallest absolute Gasteiger partial charge is 0.171 e. The lowest BCUT2D eigenvalue weighted by molar-refractivity contribution is 0.335. The Kier molecular flexibility index (Phi) is 5.88. The lowest BCUT2D eigenvalue weighted by atomic mass is 10.1. The van der Waals surface area contributed by atoms with Gasteiger partial charge in [-0.2, -0.15) is 5.10 Å². The van der Waals surface area contributed by atoms with E-state index in [1.807, 2.05) is 37.4 Å². The molecule has 1 aliphatic rings. The van der Waals surface area contributed by atoms with Crippen LogP contribution in [0.4, 0.5) is 0 Å². The van der Waals surface area contributed by atoms with Crippen molar-refractivity contribution in [1.82, 2.24) is 15.1 Å². The molecule has 2 N–H and O–H groups in total. The molecule has 0 amide bonds. The fourth-order valence-electron chi connectivity index (χ4n) is 3.02. The van der Waals surface area contributed by atoms with Crippen molar-refractivity contribution in [1.29, 1.82) is 0 Å². The summed E-state index contributed by atoms with van der Waals surface area (Å²) >= 11 is 0. The molecular weight excluding hydrogens is 340 g/mol. The summed E-state index contributed by atoms with van der Waals surface area (Å²) < 4.78 is 7.47. The molecule has 3 rings (SSSR count). The van der Waals surface area contributed by atoms with Crippen molar-refractivity contribution >= 4 is 5.84 Å². The van der Waals surface area contributed by atoms with E-state index in [1.54, 1.807) is 17.9 Å². The highest BCUT2D eigenvalue weighted by Gasteiger charge is 2.22. The third kappa shape index (κ3) is 4.35. The quantitative estimate of drug-likeness (QED) is 0.854. The molecule has 0 unspecified atom stereocenters. The molecule has 6 nitrogen and oxygen atoms in total. The Morgan fingerprint density at radius 1 is 1.30 bits per heavy atom. The minimum absolute atomic E-state index is 0.0528. The molecular formula is C21H24N4O2. The monoisotopic (exact) mass is 364 g/mol. The topological polar surface area (TPSA) is 71.7 Å². The number of hydrogen-bond acceptors (Lipinski definition) is 5. The zero-order chi connectivity index (χ0) is 19.2. The summed E-state index contributed by atoms with van der Waals surface area (Å²) in [5.41, 5.74) is 4.17. The second kappa shape index (κ2) is 8.51. The summed E-state index contributed by atoms with van der Waals surface area (Å²) in [7, 11) is 3.51. The maximum absolute atomic E-state index is 9.41. The molecule has 2 aromatic rings. The normalized spacial score (nSPS) is 17.7. The lowest BCUT2D eigenvalue weighted by Gasteiger charge is -2.12. The number of allylic oxidation sites excluding steroid dienone is 1. The number of benzene rings is 1. The van der Waals surface area contributed by atoms with E-state index >= 15 is 0 Å². The third-order valence-corrected chi connectivity index (χ3v) is 4.22. The number of methoxy groups -OCH3 is 1. The van der Waals surface area contributed by atoms with Gasteiger partial charge in [-0.1, -0.05) is 49.1 Å². The average molecular weight is 364 g/mol. The van der Waals surface area contributed by atoms with Crippen LogP contribution in [-0.2, 0) is 13.5 Å². The minimum atomic E-state index is -0.0528. The maximum Gasteiger partial charge on any atom is 0.171 e. The average Bonchev–Trinajstić information content (AvgIpc) is 3.02. The van der Waals surface area contributed by atoms with Gasteiger partial charge < -0.3 is 15.2 Å². The van der Waals surface area contributed by atoms with Crippen LogP contribution in [0.15, 0.2) is 71.4 Å². The van der Waals surface area contributed by atoms with Gasteiger partial charge in [0, 0.05) is 19.2 Å². The third-order valence-electron chi connectivity index (χ3n) is 4.22. The number of amidine groups is 1. The number of nitrogens with one attached hydrogen (secondary N) is 1. The highest BCUT2D eigenvalue weighted by Crippen LogP contribution is 2.26. The molecule has 6 heteroatoms. The molecule has 2 heterocycles. The second-order valence-electron chi connectivity index (χ2n) is 6.23. The summed E-state index contributed by atoms with van der Waals surface area (Å²) in [6.45, 7) is 4.42. The molecule has 27 heavy (non-hydrogen) atoms. The van der Waals surface area contributed by atoms with Gasteiger partial charge in [-0.3, -0.25) is 9.67 Å². The summed E-state index contributed by atoms with van der Waals surface area (Å²) in [4.78, 5) is 4.62. The molecule has 1 aromatic carbocycles. The van der Waals surface area contributed by atoms with Gasteiger partial charge in [0.2, 0.25) is 0 Å². The van der Waals surface area contributed by atoms with Crippen molar-refractivity contribution in [3.05, 3.63) is 83.4 Å². The van der Waals surface area contributed by atoms with E-state index in [4.69, 9.17) is 4.74 Å². The molecule has 0 aliphatic carbocycles. The van der Waals surface area contributed by atoms with Gasteiger partial charge in [-0.15, -0.1) is 0 Å². The largest absolute Gasteiger partial charge is 0.492 e. The van der Waals surface area contributed by atoms with Crippen LogP contribution in [0, 0.1) is 0 Å². The minimum Gasteiger partial charge on any atom is -0.492 e. The van der Waals surface area contributed by atoms with E-state index in [2.05, 4.69) is 34.1 Å². The van der Waals surface area contributed by atoms with E-state index in [1.165, 1.54) is 0 Å². The molecule has 0 saturated carbocycles. The molecule has 140 valence electrons. The van der Waals surface area contributed by atoms with Crippen LogP contribution in [-0.4, -0.2) is 41.0 Å². The highest BCUT2D eigenvalue weighted by molar-refractivity contribution is 6.01. The Balaban J connectivity index is 1.97. The van der Waals surface area contributed by atoms with E-state index in [-0.39, 0.29) is 6.61 Å². The van der Waals surface area contributed by atoms with E-state index in [9.17, 15) is 5.11 Å². The first kappa shape index (κ1) is 18.7. The number of aliphatic imine (C=N–C) groups is 1. The van der Waals surface area contributed by atoms with Gasteiger partial charge >= 0.3 is 0 Å². The van der Waals surface area contributed by atoms with Crippen LogP contribution in [0.2, 0.25) is 0 Å². The van der Waals surface area contributed by atoms with Crippen molar-refractivity contribution in [2.75, 3.05) is 20.3 Å². The van der Waals surface area contributed by atoms with Gasteiger partial charge in [0.05, 0.1) is 20.3 Å². The van der Waals surface area contributed by atoms with Crippen LogP contribution < -0.4 is 10.1 Å². The Bertz CT molecular complexity index is 908.